The first-order chi connectivity index (χ1) is 15.0. The van der Waals surface area contributed by atoms with Crippen molar-refractivity contribution in [3.8, 4) is 11.1 Å². The van der Waals surface area contributed by atoms with Gasteiger partial charge in [0.25, 0.3) is 11.8 Å². The summed E-state index contributed by atoms with van der Waals surface area (Å²) in [6.07, 6.45) is 0. The fourth-order valence-corrected chi connectivity index (χ4v) is 3.43. The molecule has 0 bridgehead atoms. The van der Waals surface area contributed by atoms with Crippen LogP contribution in [0.3, 0.4) is 0 Å². The van der Waals surface area contributed by atoms with Gasteiger partial charge < -0.3 is 5.32 Å². The fourth-order valence-electron chi connectivity index (χ4n) is 2.61. The van der Waals surface area contributed by atoms with Gasteiger partial charge in [-0.2, -0.15) is 0 Å². The van der Waals surface area contributed by atoms with E-state index in [9.17, 15) is 14.4 Å². The van der Waals surface area contributed by atoms with Crippen LogP contribution >= 0.6 is 23.4 Å². The SMILES string of the molecule is O=C(CNC(=O)c1ccc(-c2ccccc2)cc1)NNC(=O)CSc1ccc(Cl)cc1. The van der Waals surface area contributed by atoms with Crippen molar-refractivity contribution in [1.29, 1.82) is 0 Å². The van der Waals surface area contributed by atoms with Crippen LogP contribution in [-0.4, -0.2) is 30.0 Å². The van der Waals surface area contributed by atoms with E-state index in [1.165, 1.54) is 11.8 Å². The summed E-state index contributed by atoms with van der Waals surface area (Å²) in [4.78, 5) is 36.8. The van der Waals surface area contributed by atoms with Crippen molar-refractivity contribution in [3.05, 3.63) is 89.4 Å². The third-order valence-electron chi connectivity index (χ3n) is 4.19. The van der Waals surface area contributed by atoms with E-state index in [-0.39, 0.29) is 24.1 Å². The second-order valence-electron chi connectivity index (χ2n) is 6.47. The van der Waals surface area contributed by atoms with Crippen molar-refractivity contribution >= 4 is 41.1 Å². The highest BCUT2D eigenvalue weighted by Crippen LogP contribution is 2.20. The molecule has 6 nitrogen and oxygen atoms in total. The van der Waals surface area contributed by atoms with Crippen LogP contribution in [0, 0.1) is 0 Å². The predicted octanol–water partition coefficient (Wildman–Crippen LogP) is 3.68. The zero-order valence-electron chi connectivity index (χ0n) is 16.4. The van der Waals surface area contributed by atoms with E-state index in [2.05, 4.69) is 16.2 Å². The first kappa shape index (κ1) is 22.4. The second-order valence-corrected chi connectivity index (χ2v) is 7.95. The molecule has 31 heavy (non-hydrogen) atoms. The first-order valence-electron chi connectivity index (χ1n) is 9.41. The van der Waals surface area contributed by atoms with Crippen LogP contribution in [0.4, 0.5) is 0 Å². The minimum Gasteiger partial charge on any atom is -0.343 e. The van der Waals surface area contributed by atoms with Gasteiger partial charge in [0.15, 0.2) is 0 Å². The molecule has 0 saturated heterocycles. The lowest BCUT2D eigenvalue weighted by atomic mass is 10.0. The highest BCUT2D eigenvalue weighted by molar-refractivity contribution is 8.00. The lowest BCUT2D eigenvalue weighted by molar-refractivity contribution is -0.127. The normalized spacial score (nSPS) is 10.2. The largest absolute Gasteiger partial charge is 0.343 e. The van der Waals surface area contributed by atoms with Crippen molar-refractivity contribution in [2.45, 2.75) is 4.90 Å². The van der Waals surface area contributed by atoms with Crippen LogP contribution in [0.5, 0.6) is 0 Å². The highest BCUT2D eigenvalue weighted by Gasteiger charge is 2.10. The van der Waals surface area contributed by atoms with E-state index in [4.69, 9.17) is 11.6 Å². The molecule has 0 fully saturated rings. The number of hydrogen-bond acceptors (Lipinski definition) is 4. The molecule has 3 aromatic rings. The fraction of sp³-hybridized carbons (Fsp3) is 0.0870. The number of rotatable bonds is 7. The van der Waals surface area contributed by atoms with E-state index in [0.717, 1.165) is 16.0 Å². The summed E-state index contributed by atoms with van der Waals surface area (Å²) in [5, 5.41) is 3.15. The zero-order valence-corrected chi connectivity index (χ0v) is 18.0. The van der Waals surface area contributed by atoms with Gasteiger partial charge in [0, 0.05) is 15.5 Å². The maximum absolute atomic E-state index is 12.2. The molecule has 3 rings (SSSR count). The molecule has 0 radical (unpaired) electrons. The number of carbonyl (C=O) groups is 3. The molecule has 0 atom stereocenters. The highest BCUT2D eigenvalue weighted by atomic mass is 35.5. The lowest BCUT2D eigenvalue weighted by Crippen LogP contribution is -2.46. The molecule has 0 spiro atoms. The number of nitrogens with one attached hydrogen (secondary N) is 3. The quantitative estimate of drug-likeness (QED) is 0.376. The van der Waals surface area contributed by atoms with Crippen molar-refractivity contribution in [2.75, 3.05) is 12.3 Å². The minimum absolute atomic E-state index is 0.127. The summed E-state index contributed by atoms with van der Waals surface area (Å²) in [6.45, 7) is -0.260. The number of carbonyl (C=O) groups excluding carboxylic acids is 3. The van der Waals surface area contributed by atoms with Crippen LogP contribution in [0.25, 0.3) is 11.1 Å². The smallest absolute Gasteiger partial charge is 0.257 e. The maximum atomic E-state index is 12.2. The van der Waals surface area contributed by atoms with E-state index >= 15 is 0 Å². The summed E-state index contributed by atoms with van der Waals surface area (Å²) in [6, 6.07) is 24.0. The van der Waals surface area contributed by atoms with E-state index < -0.39 is 5.91 Å². The number of amides is 3. The van der Waals surface area contributed by atoms with Crippen LogP contribution in [-0.2, 0) is 9.59 Å². The van der Waals surface area contributed by atoms with Crippen LogP contribution in [0.1, 0.15) is 10.4 Å². The van der Waals surface area contributed by atoms with Gasteiger partial charge in [-0.3, -0.25) is 25.2 Å². The standard InChI is InChI=1S/C23H20ClN3O3S/c24-19-10-12-20(13-11-19)31-15-22(29)27-26-21(28)14-25-23(30)18-8-6-17(7-9-18)16-4-2-1-3-5-16/h1-13H,14-15H2,(H,25,30)(H,26,28)(H,27,29). The summed E-state index contributed by atoms with van der Waals surface area (Å²) in [5.74, 6) is -1.14. The molecule has 3 N–H and O–H groups in total. The van der Waals surface area contributed by atoms with Crippen molar-refractivity contribution < 1.29 is 14.4 Å². The number of halogens is 1. The molecule has 0 saturated carbocycles. The molecule has 0 heterocycles. The molecule has 0 aliphatic heterocycles. The van der Waals surface area contributed by atoms with Crippen LogP contribution in [0.2, 0.25) is 5.02 Å². The Morgan fingerprint density at radius 2 is 1.35 bits per heavy atom. The van der Waals surface area contributed by atoms with E-state index in [1.807, 2.05) is 42.5 Å². The van der Waals surface area contributed by atoms with Gasteiger partial charge in [-0.05, 0) is 47.5 Å². The molecular formula is C23H20ClN3O3S. The molecular weight excluding hydrogens is 434 g/mol. The Labute approximate surface area is 189 Å². The van der Waals surface area contributed by atoms with Gasteiger partial charge in [0.1, 0.15) is 0 Å². The van der Waals surface area contributed by atoms with Gasteiger partial charge in [0.2, 0.25) is 5.91 Å². The second kappa shape index (κ2) is 11.2. The Morgan fingerprint density at radius 1 is 0.742 bits per heavy atom. The maximum Gasteiger partial charge on any atom is 0.257 e. The minimum atomic E-state index is -0.529. The number of benzene rings is 3. The Morgan fingerprint density at radius 3 is 2.03 bits per heavy atom. The van der Waals surface area contributed by atoms with Gasteiger partial charge in [-0.15, -0.1) is 11.8 Å². The van der Waals surface area contributed by atoms with Crippen molar-refractivity contribution in [2.24, 2.45) is 0 Å². The number of thioether (sulfide) groups is 1. The predicted molar refractivity (Wildman–Crippen MR) is 123 cm³/mol. The average Bonchev–Trinajstić information content (AvgIpc) is 2.81. The Hall–Kier alpha value is -3.29. The molecule has 0 aromatic heterocycles. The van der Waals surface area contributed by atoms with Crippen LogP contribution in [0.15, 0.2) is 83.8 Å². The molecule has 0 aliphatic carbocycles. The zero-order chi connectivity index (χ0) is 22.1. The van der Waals surface area contributed by atoms with E-state index in [0.29, 0.717) is 10.6 Å². The third-order valence-corrected chi connectivity index (χ3v) is 5.45. The van der Waals surface area contributed by atoms with Gasteiger partial charge >= 0.3 is 0 Å². The molecule has 3 aromatic carbocycles. The molecule has 3 amide bonds. The summed E-state index contributed by atoms with van der Waals surface area (Å²) in [5.41, 5.74) is 7.08. The van der Waals surface area contributed by atoms with Gasteiger partial charge in [0.05, 0.1) is 12.3 Å². The first-order valence-corrected chi connectivity index (χ1v) is 10.8. The lowest BCUT2D eigenvalue weighted by Gasteiger charge is -2.09. The number of hydrogen-bond donors (Lipinski definition) is 3. The molecule has 0 aliphatic rings. The summed E-state index contributed by atoms with van der Waals surface area (Å²) >= 11 is 7.13. The summed E-state index contributed by atoms with van der Waals surface area (Å²) < 4.78 is 0. The van der Waals surface area contributed by atoms with Gasteiger partial charge in [-0.1, -0.05) is 54.1 Å². The molecule has 0 unspecified atom stereocenters. The third kappa shape index (κ3) is 7.16. The van der Waals surface area contributed by atoms with Gasteiger partial charge in [-0.25, -0.2) is 0 Å². The Bertz CT molecular complexity index is 1040. The Kier molecular flexibility index (Phi) is 8.09. The monoisotopic (exact) mass is 453 g/mol. The van der Waals surface area contributed by atoms with E-state index in [1.54, 1.807) is 36.4 Å². The Balaban J connectivity index is 1.38. The van der Waals surface area contributed by atoms with Crippen LogP contribution < -0.4 is 16.2 Å². The summed E-state index contributed by atoms with van der Waals surface area (Å²) in [7, 11) is 0. The molecule has 158 valence electrons. The molecule has 8 heteroatoms. The average molecular weight is 454 g/mol. The van der Waals surface area contributed by atoms with Crippen molar-refractivity contribution in [3.63, 3.8) is 0 Å². The number of hydrazine groups is 1. The topological polar surface area (TPSA) is 87.3 Å². The van der Waals surface area contributed by atoms with Crippen molar-refractivity contribution in [1.82, 2.24) is 16.2 Å².